The third-order valence-corrected chi connectivity index (χ3v) is 7.71. The summed E-state index contributed by atoms with van der Waals surface area (Å²) in [6.45, 7) is 0.702. The Kier molecular flexibility index (Phi) is 6.95. The summed E-state index contributed by atoms with van der Waals surface area (Å²) in [5.74, 6) is -1.86. The Bertz CT molecular complexity index is 1280. The lowest BCUT2D eigenvalue weighted by molar-refractivity contribution is -0.136. The third-order valence-electron chi connectivity index (χ3n) is 7.71. The Hall–Kier alpha value is -3.75. The quantitative estimate of drug-likeness (QED) is 0.299. The van der Waals surface area contributed by atoms with Crippen LogP contribution in [0.5, 0.6) is 5.75 Å². The zero-order valence-corrected chi connectivity index (χ0v) is 20.5. The van der Waals surface area contributed by atoms with Crippen molar-refractivity contribution in [1.29, 1.82) is 0 Å². The topological polar surface area (TPSA) is 116 Å². The Morgan fingerprint density at radius 2 is 1.73 bits per heavy atom. The molecule has 194 valence electrons. The molecule has 2 atom stereocenters. The van der Waals surface area contributed by atoms with Crippen LogP contribution in [0.2, 0.25) is 0 Å². The second-order valence-electron chi connectivity index (χ2n) is 10.1. The van der Waals surface area contributed by atoms with Crippen molar-refractivity contribution in [2.75, 3.05) is 11.9 Å². The number of nitrogens with one attached hydrogen (secondary N) is 2. The first-order chi connectivity index (χ1) is 17.8. The minimum absolute atomic E-state index is 0.0120. The molecule has 1 fully saturated rings. The fraction of sp³-hybridized carbons (Fsp3) is 0.429. The number of piperidine rings is 1. The van der Waals surface area contributed by atoms with Crippen LogP contribution >= 0.6 is 0 Å². The van der Waals surface area contributed by atoms with Gasteiger partial charge < -0.3 is 10.4 Å². The number of nitrogens with zero attached hydrogens (tertiary/aromatic N) is 1. The molecule has 2 heterocycles. The lowest BCUT2D eigenvalue weighted by Crippen LogP contribution is -2.54. The van der Waals surface area contributed by atoms with Crippen molar-refractivity contribution in [1.82, 2.24) is 10.2 Å². The average molecular weight is 508 g/mol. The highest BCUT2D eigenvalue weighted by molar-refractivity contribution is 6.23. The molecule has 2 aromatic rings. The third kappa shape index (κ3) is 5.08. The van der Waals surface area contributed by atoms with E-state index >= 15 is 0 Å². The number of fused-ring (bicyclic) bond motifs is 2. The van der Waals surface area contributed by atoms with E-state index in [4.69, 9.17) is 0 Å². The predicted octanol–water partition coefficient (Wildman–Crippen LogP) is 3.71. The second-order valence-corrected chi connectivity index (χ2v) is 10.1. The van der Waals surface area contributed by atoms with Crippen LogP contribution in [0.1, 0.15) is 76.8 Å². The predicted molar refractivity (Wildman–Crippen MR) is 134 cm³/mol. The molecule has 0 spiro atoms. The summed E-state index contributed by atoms with van der Waals surface area (Å²) in [5, 5.41) is 15.2. The molecule has 1 saturated heterocycles. The molecule has 9 heteroatoms. The maximum Gasteiger partial charge on any atom is 0.262 e. The summed E-state index contributed by atoms with van der Waals surface area (Å²) >= 11 is 0. The van der Waals surface area contributed by atoms with E-state index in [0.717, 1.165) is 60.2 Å². The van der Waals surface area contributed by atoms with Gasteiger partial charge in [0, 0.05) is 24.7 Å². The van der Waals surface area contributed by atoms with Gasteiger partial charge in [0.25, 0.3) is 11.8 Å². The van der Waals surface area contributed by atoms with Crippen LogP contribution in [0.4, 0.5) is 10.1 Å². The Labute approximate surface area is 214 Å². The van der Waals surface area contributed by atoms with Crippen LogP contribution in [0.3, 0.4) is 0 Å². The maximum atomic E-state index is 14.2. The van der Waals surface area contributed by atoms with E-state index in [1.807, 2.05) is 0 Å². The van der Waals surface area contributed by atoms with E-state index in [0.29, 0.717) is 18.9 Å². The summed E-state index contributed by atoms with van der Waals surface area (Å²) in [6.07, 6.45) is 6.58. The first-order valence-electron chi connectivity index (χ1n) is 12.9. The van der Waals surface area contributed by atoms with Gasteiger partial charge in [-0.1, -0.05) is 12.8 Å². The van der Waals surface area contributed by atoms with E-state index in [9.17, 15) is 28.7 Å². The zero-order chi connectivity index (χ0) is 26.1. The van der Waals surface area contributed by atoms with Crippen LogP contribution < -0.4 is 10.6 Å². The van der Waals surface area contributed by atoms with Gasteiger partial charge in [0.2, 0.25) is 11.8 Å². The average Bonchev–Trinajstić information content (AvgIpc) is 2.98. The maximum absolute atomic E-state index is 14.2. The normalized spacial score (nSPS) is 21.4. The van der Waals surface area contributed by atoms with Crippen LogP contribution in [0.15, 0.2) is 30.3 Å². The molecule has 0 radical (unpaired) electrons. The number of phenols is 1. The van der Waals surface area contributed by atoms with E-state index < -0.39 is 29.7 Å². The van der Waals surface area contributed by atoms with Crippen molar-refractivity contribution in [2.24, 2.45) is 5.92 Å². The highest BCUT2D eigenvalue weighted by atomic mass is 19.1. The van der Waals surface area contributed by atoms with E-state index in [2.05, 4.69) is 10.6 Å². The number of aryl methyl sites for hydroxylation is 1. The number of anilines is 1. The summed E-state index contributed by atoms with van der Waals surface area (Å²) in [5.41, 5.74) is 2.91. The van der Waals surface area contributed by atoms with Crippen molar-refractivity contribution in [3.8, 4) is 5.75 Å². The van der Waals surface area contributed by atoms with Gasteiger partial charge in [0.1, 0.15) is 17.6 Å². The Morgan fingerprint density at radius 3 is 2.54 bits per heavy atom. The van der Waals surface area contributed by atoms with E-state index in [-0.39, 0.29) is 35.5 Å². The number of carbonyl (C=O) groups excluding carboxylic acids is 4. The van der Waals surface area contributed by atoms with Gasteiger partial charge in [0.15, 0.2) is 0 Å². The van der Waals surface area contributed by atoms with Crippen molar-refractivity contribution >= 4 is 29.3 Å². The Morgan fingerprint density at radius 1 is 0.946 bits per heavy atom. The number of amides is 4. The smallest absolute Gasteiger partial charge is 0.262 e. The molecule has 0 saturated carbocycles. The van der Waals surface area contributed by atoms with Gasteiger partial charge >= 0.3 is 0 Å². The van der Waals surface area contributed by atoms with Crippen molar-refractivity contribution < 1.29 is 28.7 Å². The van der Waals surface area contributed by atoms with Gasteiger partial charge in [0.05, 0.1) is 11.1 Å². The number of halogens is 1. The molecule has 0 aromatic heterocycles. The molecule has 1 aliphatic carbocycles. The minimum Gasteiger partial charge on any atom is -0.508 e. The summed E-state index contributed by atoms with van der Waals surface area (Å²) < 4.78 is 14.2. The van der Waals surface area contributed by atoms with Gasteiger partial charge in [-0.15, -0.1) is 0 Å². The molecular formula is C28H30FN3O5. The van der Waals surface area contributed by atoms with Gasteiger partial charge in [-0.25, -0.2) is 4.39 Å². The second kappa shape index (κ2) is 10.3. The van der Waals surface area contributed by atoms with E-state index in [1.54, 1.807) is 24.3 Å². The van der Waals surface area contributed by atoms with Crippen molar-refractivity contribution in [2.45, 2.75) is 63.8 Å². The molecule has 2 aromatic carbocycles. The standard InChI is InChI=1S/C28H30FN3O5/c29-23-15-19(33)13-17-6-4-16(5-8-20(17)23)3-1-2-12-30-18-7-9-21-22(14-18)28(37)32(27(21)36)24-10-11-25(34)31-26(24)35/h7,9,13-16,24,30,33H,1-6,8,10-12H2,(H,31,34,35). The summed E-state index contributed by atoms with van der Waals surface area (Å²) in [7, 11) is 0. The number of hydrogen-bond acceptors (Lipinski definition) is 6. The summed E-state index contributed by atoms with van der Waals surface area (Å²) in [6, 6.07) is 6.91. The van der Waals surface area contributed by atoms with Crippen molar-refractivity contribution in [3.05, 3.63) is 58.4 Å². The monoisotopic (exact) mass is 507 g/mol. The van der Waals surface area contributed by atoms with Crippen LogP contribution in [0.25, 0.3) is 0 Å². The number of phenolic OH excluding ortho intramolecular Hbond substituents is 1. The SMILES string of the molecule is O=C1CCC(N2C(=O)c3ccc(NCCCCC4CCc5cc(O)cc(F)c5CC4)cc3C2=O)C(=O)N1. The van der Waals surface area contributed by atoms with Gasteiger partial charge in [-0.2, -0.15) is 0 Å². The van der Waals surface area contributed by atoms with Crippen LogP contribution in [-0.4, -0.2) is 46.2 Å². The molecule has 2 unspecified atom stereocenters. The molecule has 5 rings (SSSR count). The van der Waals surface area contributed by atoms with Crippen LogP contribution in [0, 0.1) is 11.7 Å². The number of hydrogen-bond donors (Lipinski definition) is 3. The largest absolute Gasteiger partial charge is 0.508 e. The minimum atomic E-state index is -0.972. The van der Waals surface area contributed by atoms with Crippen LogP contribution in [-0.2, 0) is 22.4 Å². The molecule has 3 N–H and O–H groups in total. The van der Waals surface area contributed by atoms with E-state index in [1.165, 1.54) is 6.07 Å². The highest BCUT2D eigenvalue weighted by Gasteiger charge is 2.44. The first kappa shape index (κ1) is 24.9. The van der Waals surface area contributed by atoms with Gasteiger partial charge in [-0.3, -0.25) is 29.4 Å². The number of aromatic hydroxyl groups is 1. The molecular weight excluding hydrogens is 477 g/mol. The molecule has 0 bridgehead atoms. The molecule has 2 aliphatic heterocycles. The lowest BCUT2D eigenvalue weighted by atomic mass is 9.93. The molecule has 37 heavy (non-hydrogen) atoms. The molecule has 3 aliphatic rings. The van der Waals surface area contributed by atoms with Crippen molar-refractivity contribution in [3.63, 3.8) is 0 Å². The summed E-state index contributed by atoms with van der Waals surface area (Å²) in [4.78, 5) is 50.4. The highest BCUT2D eigenvalue weighted by Crippen LogP contribution is 2.32. The number of rotatable bonds is 7. The lowest BCUT2D eigenvalue weighted by Gasteiger charge is -2.27. The number of benzene rings is 2. The number of unbranched alkanes of at least 4 members (excludes halogenated alkanes) is 1. The first-order valence-corrected chi connectivity index (χ1v) is 12.9. The molecule has 4 amide bonds. The number of imide groups is 2. The number of carbonyl (C=O) groups is 4. The van der Waals surface area contributed by atoms with Gasteiger partial charge in [-0.05, 0) is 79.8 Å². The fourth-order valence-corrected chi connectivity index (χ4v) is 5.69. The molecule has 8 nitrogen and oxygen atoms in total. The Balaban J connectivity index is 1.11. The zero-order valence-electron chi connectivity index (χ0n) is 20.5. The fourth-order valence-electron chi connectivity index (χ4n) is 5.69.